The summed E-state index contributed by atoms with van der Waals surface area (Å²) in [6.07, 6.45) is 3.29. The van der Waals surface area contributed by atoms with Crippen molar-refractivity contribution >= 4 is 5.91 Å². The van der Waals surface area contributed by atoms with Crippen LogP contribution in [-0.4, -0.2) is 47.6 Å². The first-order chi connectivity index (χ1) is 8.60. The van der Waals surface area contributed by atoms with E-state index in [0.717, 1.165) is 5.56 Å². The zero-order valence-electron chi connectivity index (χ0n) is 10.8. The first-order valence-electron chi connectivity index (χ1n) is 6.16. The molecule has 1 aliphatic rings. The number of aryl methyl sites for hydroxylation is 1. The molecule has 0 radical (unpaired) electrons. The van der Waals surface area contributed by atoms with Crippen molar-refractivity contribution in [1.29, 1.82) is 0 Å². The Hall–Kier alpha value is -1.46. The zero-order chi connectivity index (χ0) is 13.1. The van der Waals surface area contributed by atoms with Gasteiger partial charge in [0.1, 0.15) is 0 Å². The summed E-state index contributed by atoms with van der Waals surface area (Å²) in [5.41, 5.74) is 7.22. The molecule has 1 aromatic rings. The number of hydrogen-bond acceptors (Lipinski definition) is 4. The molecule has 1 aliphatic heterocycles. The molecule has 1 amide bonds. The Labute approximate surface area is 107 Å². The van der Waals surface area contributed by atoms with Gasteiger partial charge in [0.2, 0.25) is 0 Å². The molecule has 1 saturated heterocycles. The molecule has 1 fully saturated rings. The number of carbonyl (C=O) groups excluding carboxylic acids is 1. The second kappa shape index (κ2) is 5.46. The van der Waals surface area contributed by atoms with Crippen LogP contribution in [0.1, 0.15) is 22.8 Å². The van der Waals surface area contributed by atoms with Gasteiger partial charge in [-0.2, -0.15) is 0 Å². The highest BCUT2D eigenvalue weighted by Gasteiger charge is 2.28. The van der Waals surface area contributed by atoms with Crippen LogP contribution in [0.4, 0.5) is 0 Å². The van der Waals surface area contributed by atoms with Crippen LogP contribution in [0.2, 0.25) is 0 Å². The van der Waals surface area contributed by atoms with E-state index in [1.165, 1.54) is 0 Å². The van der Waals surface area contributed by atoms with E-state index in [1.54, 1.807) is 17.3 Å². The number of amides is 1. The summed E-state index contributed by atoms with van der Waals surface area (Å²) in [6.45, 7) is 5.46. The Morgan fingerprint density at radius 2 is 2.33 bits per heavy atom. The maximum atomic E-state index is 12.3. The number of morpholine rings is 1. The van der Waals surface area contributed by atoms with Gasteiger partial charge in [0.05, 0.1) is 17.8 Å². The molecular weight excluding hydrogens is 230 g/mol. The maximum Gasteiger partial charge on any atom is 0.255 e. The van der Waals surface area contributed by atoms with E-state index in [0.29, 0.717) is 25.2 Å². The highest BCUT2D eigenvalue weighted by molar-refractivity contribution is 5.94. The third kappa shape index (κ3) is 2.86. The van der Waals surface area contributed by atoms with Gasteiger partial charge in [-0.1, -0.05) is 0 Å². The van der Waals surface area contributed by atoms with Crippen molar-refractivity contribution in [3.05, 3.63) is 29.6 Å². The fraction of sp³-hybridized carbons (Fsp3) is 0.538. The second-order valence-electron chi connectivity index (χ2n) is 4.77. The van der Waals surface area contributed by atoms with Crippen molar-refractivity contribution in [2.24, 2.45) is 5.73 Å². The molecule has 2 atom stereocenters. The Kier molecular flexibility index (Phi) is 3.93. The molecular formula is C13H19N3O2. The highest BCUT2D eigenvalue weighted by Crippen LogP contribution is 2.14. The maximum absolute atomic E-state index is 12.3. The third-order valence-electron chi connectivity index (χ3n) is 3.00. The van der Waals surface area contributed by atoms with Gasteiger partial charge in [-0.3, -0.25) is 9.78 Å². The lowest BCUT2D eigenvalue weighted by Gasteiger charge is -2.36. The fourth-order valence-electron chi connectivity index (χ4n) is 2.20. The van der Waals surface area contributed by atoms with Crippen molar-refractivity contribution in [3.63, 3.8) is 0 Å². The molecule has 0 spiro atoms. The van der Waals surface area contributed by atoms with Crippen LogP contribution in [0.25, 0.3) is 0 Å². The third-order valence-corrected chi connectivity index (χ3v) is 3.00. The molecule has 2 heterocycles. The molecule has 98 valence electrons. The first-order valence-corrected chi connectivity index (χ1v) is 6.16. The van der Waals surface area contributed by atoms with Crippen LogP contribution in [0.3, 0.4) is 0 Å². The quantitative estimate of drug-likeness (QED) is 0.832. The standard InChI is InChI=1S/C13H19N3O2/c1-9-3-11(6-15-5-9)13(17)16-7-10(2)18-12(4-14)8-16/h3,5-6,10,12H,4,7-8,14H2,1-2H3. The number of rotatable bonds is 2. The summed E-state index contributed by atoms with van der Waals surface area (Å²) in [5.74, 6) is -0.000185. The Balaban J connectivity index is 2.13. The smallest absolute Gasteiger partial charge is 0.255 e. The van der Waals surface area contributed by atoms with E-state index in [1.807, 2.05) is 19.9 Å². The first kappa shape index (κ1) is 13.0. The Morgan fingerprint density at radius 1 is 1.56 bits per heavy atom. The number of hydrogen-bond donors (Lipinski definition) is 1. The average molecular weight is 249 g/mol. The molecule has 0 aromatic carbocycles. The molecule has 5 nitrogen and oxygen atoms in total. The highest BCUT2D eigenvalue weighted by atomic mass is 16.5. The number of aromatic nitrogens is 1. The molecule has 0 aliphatic carbocycles. The van der Waals surface area contributed by atoms with Gasteiger partial charge in [-0.05, 0) is 25.5 Å². The lowest BCUT2D eigenvalue weighted by atomic mass is 10.1. The van der Waals surface area contributed by atoms with Crippen LogP contribution in [0.5, 0.6) is 0 Å². The fourth-order valence-corrected chi connectivity index (χ4v) is 2.20. The van der Waals surface area contributed by atoms with Crippen LogP contribution >= 0.6 is 0 Å². The van der Waals surface area contributed by atoms with Gasteiger partial charge < -0.3 is 15.4 Å². The lowest BCUT2D eigenvalue weighted by molar-refractivity contribution is -0.0625. The number of pyridine rings is 1. The van der Waals surface area contributed by atoms with Crippen molar-refractivity contribution in [1.82, 2.24) is 9.88 Å². The molecule has 2 rings (SSSR count). The van der Waals surface area contributed by atoms with Gasteiger partial charge >= 0.3 is 0 Å². The predicted molar refractivity (Wildman–Crippen MR) is 68.3 cm³/mol. The topological polar surface area (TPSA) is 68.5 Å². The minimum absolute atomic E-state index is 0.000185. The van der Waals surface area contributed by atoms with Gasteiger partial charge in [0.25, 0.3) is 5.91 Å². The van der Waals surface area contributed by atoms with Gasteiger partial charge in [0, 0.05) is 32.0 Å². The van der Waals surface area contributed by atoms with Gasteiger partial charge in [-0.25, -0.2) is 0 Å². The van der Waals surface area contributed by atoms with E-state index < -0.39 is 0 Å². The molecule has 0 saturated carbocycles. The molecule has 0 bridgehead atoms. The second-order valence-corrected chi connectivity index (χ2v) is 4.77. The normalized spacial score (nSPS) is 24.1. The van der Waals surface area contributed by atoms with E-state index in [-0.39, 0.29) is 18.1 Å². The summed E-state index contributed by atoms with van der Waals surface area (Å²) in [7, 11) is 0. The summed E-state index contributed by atoms with van der Waals surface area (Å²) < 4.78 is 5.64. The molecule has 2 N–H and O–H groups in total. The van der Waals surface area contributed by atoms with E-state index in [9.17, 15) is 4.79 Å². The molecule has 18 heavy (non-hydrogen) atoms. The average Bonchev–Trinajstić information content (AvgIpc) is 2.37. The van der Waals surface area contributed by atoms with Crippen molar-refractivity contribution < 1.29 is 9.53 Å². The molecule has 5 heteroatoms. The Morgan fingerprint density at radius 3 is 3.00 bits per heavy atom. The van der Waals surface area contributed by atoms with E-state index >= 15 is 0 Å². The molecule has 2 unspecified atom stereocenters. The van der Waals surface area contributed by atoms with Crippen LogP contribution in [0, 0.1) is 6.92 Å². The monoisotopic (exact) mass is 249 g/mol. The number of nitrogens with two attached hydrogens (primary N) is 1. The predicted octanol–water partition coefficient (Wildman–Crippen LogP) is 0.578. The number of nitrogens with zero attached hydrogens (tertiary/aromatic N) is 2. The SMILES string of the molecule is Cc1cncc(C(=O)N2CC(C)OC(CN)C2)c1. The summed E-state index contributed by atoms with van der Waals surface area (Å²) in [5, 5.41) is 0. The summed E-state index contributed by atoms with van der Waals surface area (Å²) in [6, 6.07) is 1.85. The van der Waals surface area contributed by atoms with Crippen LogP contribution < -0.4 is 5.73 Å². The molecule has 1 aromatic heterocycles. The number of ether oxygens (including phenoxy) is 1. The van der Waals surface area contributed by atoms with Crippen LogP contribution in [0.15, 0.2) is 18.5 Å². The zero-order valence-corrected chi connectivity index (χ0v) is 10.8. The Bertz CT molecular complexity index is 436. The van der Waals surface area contributed by atoms with Crippen molar-refractivity contribution in [2.75, 3.05) is 19.6 Å². The minimum atomic E-state index is -0.0736. The van der Waals surface area contributed by atoms with Crippen LogP contribution in [-0.2, 0) is 4.74 Å². The minimum Gasteiger partial charge on any atom is -0.370 e. The van der Waals surface area contributed by atoms with Crippen molar-refractivity contribution in [3.8, 4) is 0 Å². The van der Waals surface area contributed by atoms with E-state index in [4.69, 9.17) is 10.5 Å². The number of carbonyl (C=O) groups is 1. The van der Waals surface area contributed by atoms with Crippen molar-refractivity contribution in [2.45, 2.75) is 26.1 Å². The lowest BCUT2D eigenvalue weighted by Crippen LogP contribution is -2.51. The summed E-state index contributed by atoms with van der Waals surface area (Å²) >= 11 is 0. The van der Waals surface area contributed by atoms with Gasteiger partial charge in [0.15, 0.2) is 0 Å². The largest absolute Gasteiger partial charge is 0.370 e. The van der Waals surface area contributed by atoms with E-state index in [2.05, 4.69) is 4.98 Å². The summed E-state index contributed by atoms with van der Waals surface area (Å²) in [4.78, 5) is 18.2. The van der Waals surface area contributed by atoms with Gasteiger partial charge in [-0.15, -0.1) is 0 Å².